The Morgan fingerprint density at radius 1 is 0.339 bits per heavy atom. The second kappa shape index (κ2) is 10.4. The van der Waals surface area contributed by atoms with Crippen LogP contribution in [-0.4, -0.2) is 13.4 Å². The van der Waals surface area contributed by atoms with Gasteiger partial charge < -0.3 is 9.47 Å². The van der Waals surface area contributed by atoms with E-state index in [9.17, 15) is 2.74 Å². The zero-order valence-electron chi connectivity index (χ0n) is 32.0. The Balaban J connectivity index is 1.16. The van der Waals surface area contributed by atoms with Gasteiger partial charge in [-0.15, -0.1) is 0 Å². The van der Waals surface area contributed by atoms with Gasteiger partial charge in [-0.05, 0) is 135 Å². The van der Waals surface area contributed by atoms with Gasteiger partial charge in [-0.25, -0.2) is 0 Å². The number of para-hydroxylation sites is 2. The van der Waals surface area contributed by atoms with E-state index in [4.69, 9.17) is 9.47 Å². The molecule has 14 rings (SSSR count). The van der Waals surface area contributed by atoms with E-state index in [1.54, 1.807) is 0 Å². The topological polar surface area (TPSA) is 18.5 Å². The largest absolute Gasteiger partial charge is 0.458 e. The maximum atomic E-state index is 9.87. The summed E-state index contributed by atoms with van der Waals surface area (Å²) in [6.07, 6.45) is 0. The number of fused-ring (bicyclic) bond motifs is 8. The summed E-state index contributed by atoms with van der Waals surface area (Å²) >= 11 is 0. The molecule has 2 nitrogen and oxygen atoms in total. The van der Waals surface area contributed by atoms with Crippen molar-refractivity contribution in [3.05, 3.63) is 170 Å². The van der Waals surface area contributed by atoms with Gasteiger partial charge in [-0.3, -0.25) is 0 Å². The minimum atomic E-state index is -0.0963. The molecule has 0 bridgehead atoms. The normalized spacial score (nSPS) is 14.1. The summed E-state index contributed by atoms with van der Waals surface area (Å²) in [5.41, 5.74) is 15.6. The van der Waals surface area contributed by atoms with Crippen molar-refractivity contribution in [2.75, 3.05) is 0 Å². The number of benzene rings is 10. The summed E-state index contributed by atoms with van der Waals surface area (Å²) in [6.45, 7) is -0.193. The molecule has 0 N–H and O–H groups in total. The van der Waals surface area contributed by atoms with Crippen LogP contribution in [0.25, 0.3) is 76.8 Å². The van der Waals surface area contributed by atoms with Crippen LogP contribution in [0.5, 0.6) is 23.0 Å². The van der Waals surface area contributed by atoms with Gasteiger partial charge in [0.25, 0.3) is 13.4 Å². The van der Waals surface area contributed by atoms with E-state index >= 15 is 0 Å². The van der Waals surface area contributed by atoms with Crippen LogP contribution in [0.1, 0.15) is 2.74 Å². The van der Waals surface area contributed by atoms with Crippen LogP contribution in [0.4, 0.5) is 0 Å². The van der Waals surface area contributed by atoms with Crippen molar-refractivity contribution in [1.29, 1.82) is 0 Å². The highest BCUT2D eigenvalue weighted by Gasteiger charge is 2.43. The number of hydrogen-bond donors (Lipinski definition) is 0. The first-order chi connectivity index (χ1) is 28.6. The molecule has 0 saturated heterocycles. The summed E-state index contributed by atoms with van der Waals surface area (Å²) < 4.78 is 33.3. The average molecular weight is 708 g/mol. The molecule has 10 aromatic carbocycles. The Morgan fingerprint density at radius 2 is 0.768 bits per heavy atom. The van der Waals surface area contributed by atoms with Crippen molar-refractivity contribution in [3.8, 4) is 67.5 Å². The molecule has 0 saturated carbocycles. The Labute approximate surface area is 326 Å². The van der Waals surface area contributed by atoms with Crippen molar-refractivity contribution in [2.24, 2.45) is 0 Å². The first-order valence-corrected chi connectivity index (χ1v) is 19.4. The number of hydrogen-bond acceptors (Lipinski definition) is 2. The smallest absolute Gasteiger partial charge is 0.252 e. The molecule has 0 atom stereocenters. The third-order valence-corrected chi connectivity index (χ3v) is 12.9. The van der Waals surface area contributed by atoms with Gasteiger partial charge in [0.15, 0.2) is 0 Å². The van der Waals surface area contributed by atoms with Crippen LogP contribution in [0.2, 0.25) is 0 Å². The van der Waals surface area contributed by atoms with Gasteiger partial charge in [-0.2, -0.15) is 0 Å². The van der Waals surface area contributed by atoms with Crippen LogP contribution in [0, 0.1) is 0 Å². The Hall–Kier alpha value is -7.03. The van der Waals surface area contributed by atoms with Crippen LogP contribution in [0.15, 0.2) is 170 Å². The zero-order chi connectivity index (χ0) is 38.0. The molecular weight excluding hydrogens is 678 g/mol. The molecular formula is C52H28B2O2. The van der Waals surface area contributed by atoms with E-state index in [-0.39, 0.29) is 13.4 Å². The van der Waals surface area contributed by atoms with Crippen LogP contribution >= 0.6 is 0 Å². The van der Waals surface area contributed by atoms with Crippen molar-refractivity contribution in [2.45, 2.75) is 0 Å². The Kier molecular flexibility index (Phi) is 5.10. The van der Waals surface area contributed by atoms with Crippen molar-refractivity contribution in [1.82, 2.24) is 0 Å². The van der Waals surface area contributed by atoms with Crippen LogP contribution < -0.4 is 42.3 Å². The van der Waals surface area contributed by atoms with Crippen LogP contribution in [0.3, 0.4) is 0 Å². The van der Waals surface area contributed by atoms with Gasteiger partial charge in [-0.1, -0.05) is 144 Å². The van der Waals surface area contributed by atoms with E-state index in [1.165, 1.54) is 21.7 Å². The van der Waals surface area contributed by atoms with Gasteiger partial charge in [0.1, 0.15) is 23.0 Å². The molecule has 0 radical (unpaired) electrons. The molecule has 4 aliphatic rings. The fraction of sp³-hybridized carbons (Fsp3) is 0. The summed E-state index contributed by atoms with van der Waals surface area (Å²) in [5, 5.41) is 6.33. The minimum absolute atomic E-state index is 0.0963. The first-order valence-electron chi connectivity index (χ1n) is 20.4. The monoisotopic (exact) mass is 708 g/mol. The predicted molar refractivity (Wildman–Crippen MR) is 234 cm³/mol. The fourth-order valence-electron chi connectivity index (χ4n) is 10.7. The quantitative estimate of drug-likeness (QED) is 0.132. The van der Waals surface area contributed by atoms with E-state index in [0.29, 0.717) is 12.1 Å². The van der Waals surface area contributed by atoms with E-state index in [1.807, 2.05) is 24.3 Å². The highest BCUT2D eigenvalue weighted by Crippen LogP contribution is 2.47. The highest BCUT2D eigenvalue weighted by molar-refractivity contribution is 7.01. The molecule has 56 heavy (non-hydrogen) atoms. The lowest BCUT2D eigenvalue weighted by Gasteiger charge is -2.37. The fourth-order valence-corrected chi connectivity index (χ4v) is 10.7. The average Bonchev–Trinajstić information content (AvgIpc) is 3.27. The Bertz CT molecular complexity index is 3260. The van der Waals surface area contributed by atoms with Gasteiger partial charge in [0, 0.05) is 0 Å². The molecule has 4 aliphatic heterocycles. The first kappa shape index (κ1) is 27.5. The minimum Gasteiger partial charge on any atom is -0.458 e. The van der Waals surface area contributed by atoms with Crippen LogP contribution in [-0.2, 0) is 0 Å². The van der Waals surface area contributed by atoms with E-state index in [2.05, 4.69) is 133 Å². The SMILES string of the molecule is [2H]c1cc2c3c(cc4c([2H])cc5c6c(cc1c3c46)B1c3ccccc3Oc3cc(-c4ccccc4)cc-5c31)B1c3ccccc3Oc3cc(-c4ccccc4)cc-2c31. The summed E-state index contributed by atoms with van der Waals surface area (Å²) in [4.78, 5) is 0. The maximum Gasteiger partial charge on any atom is 0.252 e. The van der Waals surface area contributed by atoms with Crippen molar-refractivity contribution >= 4 is 78.5 Å². The molecule has 4 heteroatoms. The Morgan fingerprint density at radius 3 is 1.23 bits per heavy atom. The molecule has 10 aromatic rings. The second-order valence-corrected chi connectivity index (χ2v) is 15.7. The lowest BCUT2D eigenvalue weighted by molar-refractivity contribution is 0.487. The summed E-state index contributed by atoms with van der Waals surface area (Å²) in [5.74, 6) is 3.41. The third-order valence-electron chi connectivity index (χ3n) is 12.9. The highest BCUT2D eigenvalue weighted by atomic mass is 16.5. The van der Waals surface area contributed by atoms with Crippen molar-refractivity contribution in [3.63, 3.8) is 0 Å². The predicted octanol–water partition coefficient (Wildman–Crippen LogP) is 9.12. The molecule has 4 heterocycles. The maximum absolute atomic E-state index is 9.87. The lowest BCUT2D eigenvalue weighted by Crippen LogP contribution is -2.58. The van der Waals surface area contributed by atoms with Gasteiger partial charge in [0.2, 0.25) is 0 Å². The molecule has 0 aromatic heterocycles. The summed E-state index contributed by atoms with van der Waals surface area (Å²) in [6, 6.07) is 56.6. The molecule has 0 unspecified atom stereocenters. The van der Waals surface area contributed by atoms with Gasteiger partial charge in [0.05, 0.1) is 2.74 Å². The zero-order valence-corrected chi connectivity index (χ0v) is 30.0. The van der Waals surface area contributed by atoms with E-state index < -0.39 is 0 Å². The molecule has 254 valence electrons. The molecule has 0 fully saturated rings. The molecule has 0 aliphatic carbocycles. The standard InChI is InChI=1S/C52H28B2O2/c1-3-11-29(12-4-1)33-23-37-35-21-19-31-26-42-50-36(38-24-34(30-13-5-2-6-14-30)28-46-52(38)54(42)40-16-8-10-18-44(40)56-46)22-20-32-25-41(49(35)47(31)48(32)50)53-39-15-7-9-17-43(39)55-45(27-33)51(37)53/h1-28H/i19D,20D. The van der Waals surface area contributed by atoms with E-state index in [0.717, 1.165) is 111 Å². The van der Waals surface area contributed by atoms with Crippen molar-refractivity contribution < 1.29 is 12.2 Å². The third kappa shape index (κ3) is 3.65. The second-order valence-electron chi connectivity index (χ2n) is 15.7. The molecule has 0 spiro atoms. The number of ether oxygens (including phenoxy) is 2. The lowest BCUT2D eigenvalue weighted by atomic mass is 9.32. The van der Waals surface area contributed by atoms with Gasteiger partial charge >= 0.3 is 0 Å². The molecule has 0 amide bonds. The number of rotatable bonds is 2. The summed E-state index contributed by atoms with van der Waals surface area (Å²) in [7, 11) is 0.